The van der Waals surface area contributed by atoms with E-state index in [9.17, 15) is 0 Å². The highest BCUT2D eigenvalue weighted by molar-refractivity contribution is 5.76. The molecule has 6 nitrogen and oxygen atoms in total. The predicted octanol–water partition coefficient (Wildman–Crippen LogP) is 2.33. The number of rotatable bonds is 4. The molecule has 0 aromatic carbocycles. The van der Waals surface area contributed by atoms with E-state index < -0.39 is 0 Å². The van der Waals surface area contributed by atoms with Crippen molar-refractivity contribution >= 4 is 23.1 Å². The van der Waals surface area contributed by atoms with Gasteiger partial charge in [0.15, 0.2) is 11.6 Å². The highest BCUT2D eigenvalue weighted by atomic mass is 15.1. The number of nitrogens with zero attached hydrogens (tertiary/aromatic N) is 3. The van der Waals surface area contributed by atoms with Gasteiger partial charge in [-0.15, -0.1) is 0 Å². The van der Waals surface area contributed by atoms with E-state index in [1.807, 2.05) is 32.9 Å². The van der Waals surface area contributed by atoms with E-state index in [1.54, 1.807) is 6.20 Å². The van der Waals surface area contributed by atoms with Crippen LogP contribution in [0.1, 0.15) is 19.4 Å². The van der Waals surface area contributed by atoms with Crippen LogP contribution in [0.5, 0.6) is 0 Å². The number of nitrogens with two attached hydrogens (primary N) is 1. The van der Waals surface area contributed by atoms with Crippen molar-refractivity contribution in [3.05, 3.63) is 30.2 Å². The highest BCUT2D eigenvalue weighted by Gasteiger charge is 2.09. The minimum absolute atomic E-state index is 0.252. The van der Waals surface area contributed by atoms with E-state index in [0.717, 1.165) is 5.56 Å². The van der Waals surface area contributed by atoms with E-state index in [0.29, 0.717) is 23.1 Å². The Balaban J connectivity index is 2.23. The normalized spacial score (nSPS) is 10.5. The fourth-order valence-electron chi connectivity index (χ4n) is 1.55. The molecule has 0 saturated heterocycles. The summed E-state index contributed by atoms with van der Waals surface area (Å²) in [4.78, 5) is 12.5. The zero-order valence-electron chi connectivity index (χ0n) is 11.3. The summed E-state index contributed by atoms with van der Waals surface area (Å²) < 4.78 is 0. The Hall–Kier alpha value is -2.37. The quantitative estimate of drug-likeness (QED) is 0.780. The Labute approximate surface area is 112 Å². The molecule has 0 aliphatic rings. The van der Waals surface area contributed by atoms with E-state index >= 15 is 0 Å². The summed E-state index contributed by atoms with van der Waals surface area (Å²) in [6.07, 6.45) is 3.25. The molecule has 2 aromatic heterocycles. The number of anilines is 4. The second-order valence-corrected chi connectivity index (χ2v) is 4.63. The van der Waals surface area contributed by atoms with Gasteiger partial charge >= 0.3 is 0 Å². The summed E-state index contributed by atoms with van der Waals surface area (Å²) in [5.74, 6) is 1.88. The third kappa shape index (κ3) is 3.31. The molecule has 0 atom stereocenters. The lowest BCUT2D eigenvalue weighted by molar-refractivity contribution is 0.887. The molecule has 0 radical (unpaired) electrons. The zero-order chi connectivity index (χ0) is 13.8. The Kier molecular flexibility index (Phi) is 3.79. The summed E-state index contributed by atoms with van der Waals surface area (Å²) in [5.41, 5.74) is 7.62. The molecule has 0 unspecified atom stereocenters. The molecule has 0 aliphatic carbocycles. The van der Waals surface area contributed by atoms with Gasteiger partial charge in [-0.2, -0.15) is 0 Å². The highest BCUT2D eigenvalue weighted by Crippen LogP contribution is 2.25. The lowest BCUT2D eigenvalue weighted by Gasteiger charge is -2.14. The number of nitrogen functional groups attached to an aromatic ring is 1. The van der Waals surface area contributed by atoms with Gasteiger partial charge in [0.05, 0.1) is 0 Å². The van der Waals surface area contributed by atoms with Gasteiger partial charge in [-0.25, -0.2) is 15.0 Å². The topological polar surface area (TPSA) is 88.8 Å². The first kappa shape index (κ1) is 13.1. The van der Waals surface area contributed by atoms with Gasteiger partial charge in [-0.1, -0.05) is 6.07 Å². The van der Waals surface area contributed by atoms with Crippen molar-refractivity contribution in [3.8, 4) is 0 Å². The monoisotopic (exact) mass is 258 g/mol. The average molecular weight is 258 g/mol. The van der Waals surface area contributed by atoms with Crippen LogP contribution in [0.15, 0.2) is 24.7 Å². The molecular weight excluding hydrogens is 240 g/mol. The van der Waals surface area contributed by atoms with E-state index in [1.165, 1.54) is 6.33 Å². The molecule has 4 N–H and O–H groups in total. The first-order chi connectivity index (χ1) is 9.06. The summed E-state index contributed by atoms with van der Waals surface area (Å²) >= 11 is 0. The molecule has 0 saturated carbocycles. The molecule has 2 heterocycles. The fraction of sp³-hybridized carbons (Fsp3) is 0.308. The molecule has 0 amide bonds. The first-order valence-electron chi connectivity index (χ1n) is 6.13. The number of aromatic nitrogens is 3. The molecule has 19 heavy (non-hydrogen) atoms. The van der Waals surface area contributed by atoms with Gasteiger partial charge in [0, 0.05) is 12.2 Å². The first-order valence-corrected chi connectivity index (χ1v) is 6.13. The van der Waals surface area contributed by atoms with Crippen molar-refractivity contribution in [1.82, 2.24) is 15.0 Å². The minimum atomic E-state index is 0.252. The van der Waals surface area contributed by atoms with Crippen LogP contribution >= 0.6 is 0 Å². The number of hydrogen-bond donors (Lipinski definition) is 3. The van der Waals surface area contributed by atoms with Gasteiger partial charge in [-0.3, -0.25) is 0 Å². The second-order valence-electron chi connectivity index (χ2n) is 4.63. The van der Waals surface area contributed by atoms with E-state index in [4.69, 9.17) is 5.73 Å². The van der Waals surface area contributed by atoms with Crippen molar-refractivity contribution in [1.29, 1.82) is 0 Å². The Morgan fingerprint density at radius 1 is 1.11 bits per heavy atom. The molecule has 6 heteroatoms. The van der Waals surface area contributed by atoms with Crippen LogP contribution in [0.25, 0.3) is 0 Å². The van der Waals surface area contributed by atoms with Crippen molar-refractivity contribution in [2.24, 2.45) is 0 Å². The maximum absolute atomic E-state index is 6.03. The van der Waals surface area contributed by atoms with Crippen LogP contribution in [0.4, 0.5) is 23.1 Å². The minimum Gasteiger partial charge on any atom is -0.393 e. The molecule has 0 aliphatic heterocycles. The number of nitrogens with one attached hydrogen (secondary N) is 2. The molecule has 2 rings (SSSR count). The number of pyridine rings is 1. The predicted molar refractivity (Wildman–Crippen MR) is 77.5 cm³/mol. The summed E-state index contributed by atoms with van der Waals surface area (Å²) in [6, 6.07) is 4.11. The van der Waals surface area contributed by atoms with E-state index in [2.05, 4.69) is 25.6 Å². The van der Waals surface area contributed by atoms with Gasteiger partial charge < -0.3 is 16.4 Å². The maximum Gasteiger partial charge on any atom is 0.160 e. The fourth-order valence-corrected chi connectivity index (χ4v) is 1.55. The Morgan fingerprint density at radius 3 is 2.47 bits per heavy atom. The SMILES string of the molecule is Cc1ccc(Nc2ncnc(NC(C)C)c2N)nc1. The third-order valence-corrected chi connectivity index (χ3v) is 2.47. The zero-order valence-corrected chi connectivity index (χ0v) is 11.3. The van der Waals surface area contributed by atoms with Crippen molar-refractivity contribution in [2.75, 3.05) is 16.4 Å². The van der Waals surface area contributed by atoms with Crippen LogP contribution in [0.3, 0.4) is 0 Å². The summed E-state index contributed by atoms with van der Waals surface area (Å²) in [6.45, 7) is 6.03. The van der Waals surface area contributed by atoms with Crippen LogP contribution < -0.4 is 16.4 Å². The van der Waals surface area contributed by atoms with Gasteiger partial charge in [-0.05, 0) is 32.4 Å². The van der Waals surface area contributed by atoms with Crippen molar-refractivity contribution in [2.45, 2.75) is 26.8 Å². The van der Waals surface area contributed by atoms with Gasteiger partial charge in [0.25, 0.3) is 0 Å². The van der Waals surface area contributed by atoms with Crippen LogP contribution in [-0.2, 0) is 0 Å². The number of aryl methyl sites for hydroxylation is 1. The van der Waals surface area contributed by atoms with Crippen LogP contribution in [0.2, 0.25) is 0 Å². The van der Waals surface area contributed by atoms with E-state index in [-0.39, 0.29) is 6.04 Å². The maximum atomic E-state index is 6.03. The Bertz CT molecular complexity index is 550. The molecule has 100 valence electrons. The third-order valence-electron chi connectivity index (χ3n) is 2.47. The molecular formula is C13H18N6. The lowest BCUT2D eigenvalue weighted by atomic mass is 10.3. The van der Waals surface area contributed by atoms with Gasteiger partial charge in [0.1, 0.15) is 17.8 Å². The Morgan fingerprint density at radius 2 is 1.84 bits per heavy atom. The van der Waals surface area contributed by atoms with Gasteiger partial charge in [0.2, 0.25) is 0 Å². The largest absolute Gasteiger partial charge is 0.393 e. The smallest absolute Gasteiger partial charge is 0.160 e. The van der Waals surface area contributed by atoms with Crippen molar-refractivity contribution in [3.63, 3.8) is 0 Å². The van der Waals surface area contributed by atoms with Crippen LogP contribution in [0, 0.1) is 6.92 Å². The molecule has 0 spiro atoms. The summed E-state index contributed by atoms with van der Waals surface area (Å²) in [5, 5.41) is 6.26. The molecule has 2 aromatic rings. The van der Waals surface area contributed by atoms with Crippen molar-refractivity contribution < 1.29 is 0 Å². The molecule has 0 bridgehead atoms. The number of hydrogen-bond acceptors (Lipinski definition) is 6. The standard InChI is InChI=1S/C13H18N6/c1-8(2)18-12-11(14)13(17-7-16-12)19-10-5-4-9(3)6-15-10/h4-8H,14H2,1-3H3,(H2,15,16,17,18,19). The second kappa shape index (κ2) is 5.51. The lowest BCUT2D eigenvalue weighted by Crippen LogP contribution is -2.14. The average Bonchev–Trinajstić information content (AvgIpc) is 2.36. The molecule has 0 fully saturated rings. The van der Waals surface area contributed by atoms with Crippen LogP contribution in [-0.4, -0.2) is 21.0 Å². The summed E-state index contributed by atoms with van der Waals surface area (Å²) in [7, 11) is 0.